The number of ether oxygens (including phenoxy) is 1. The number of allylic oxidation sites excluding steroid dienone is 1. The van der Waals surface area contributed by atoms with E-state index in [0.29, 0.717) is 23.7 Å². The summed E-state index contributed by atoms with van der Waals surface area (Å²) in [7, 11) is 0. The van der Waals surface area contributed by atoms with Gasteiger partial charge in [0.05, 0.1) is 23.7 Å². The summed E-state index contributed by atoms with van der Waals surface area (Å²) >= 11 is 1.46. The smallest absolute Gasteiger partial charge is 0.338 e. The quantitative estimate of drug-likeness (QED) is 0.346. The van der Waals surface area contributed by atoms with Gasteiger partial charge >= 0.3 is 5.97 Å². The van der Waals surface area contributed by atoms with Crippen LogP contribution >= 0.6 is 11.8 Å². The van der Waals surface area contributed by atoms with Crippen molar-refractivity contribution in [2.24, 2.45) is 4.99 Å². The maximum atomic E-state index is 13.2. The van der Waals surface area contributed by atoms with Crippen LogP contribution in [0.5, 0.6) is 0 Å². The Kier molecular flexibility index (Phi) is 8.10. The normalized spacial score (nSPS) is 16.9. The first-order chi connectivity index (χ1) is 17.4. The van der Waals surface area contributed by atoms with E-state index in [1.165, 1.54) is 17.3 Å². The highest BCUT2D eigenvalue weighted by atomic mass is 32.2. The van der Waals surface area contributed by atoms with Crippen LogP contribution in [0.25, 0.3) is 0 Å². The van der Waals surface area contributed by atoms with Gasteiger partial charge in [-0.15, -0.1) is 0 Å². The second-order valence-corrected chi connectivity index (χ2v) is 9.88. The number of carbonyl (C=O) groups excluding carboxylic acids is 2. The predicted molar refractivity (Wildman–Crippen MR) is 145 cm³/mol. The van der Waals surface area contributed by atoms with Crippen LogP contribution in [0.15, 0.2) is 94.6 Å². The standard InChI is InChI=1S/C29H31N3O3S/c1-5-15-35-28(34)26-20(4)31-29-32(27(26)23-13-11-22(12-14-23)19(2)3)24(18-36-29)16-25(33)30-17-21-9-7-6-8-10-21/h5-14,18-19,27H,1,15-17H2,2-4H3,(H,30,33)/t27-/m0/s1. The first-order valence-electron chi connectivity index (χ1n) is 12.0. The Bertz CT molecular complexity index is 1230. The summed E-state index contributed by atoms with van der Waals surface area (Å²) in [5.74, 6) is -0.135. The first kappa shape index (κ1) is 25.5. The number of fused-ring (bicyclic) bond motifs is 1. The summed E-state index contributed by atoms with van der Waals surface area (Å²) in [4.78, 5) is 32.8. The van der Waals surface area contributed by atoms with Crippen LogP contribution in [0.2, 0.25) is 0 Å². The van der Waals surface area contributed by atoms with E-state index < -0.39 is 12.0 Å². The summed E-state index contributed by atoms with van der Waals surface area (Å²) < 4.78 is 5.45. The number of thioether (sulfide) groups is 1. The number of benzene rings is 2. The number of hydrogen-bond acceptors (Lipinski definition) is 6. The molecule has 0 fully saturated rings. The zero-order valence-corrected chi connectivity index (χ0v) is 21.7. The van der Waals surface area contributed by atoms with Crippen LogP contribution in [0.1, 0.15) is 55.8 Å². The van der Waals surface area contributed by atoms with Gasteiger partial charge in [0.2, 0.25) is 5.91 Å². The number of amides is 1. The minimum atomic E-state index is -0.445. The van der Waals surface area contributed by atoms with Crippen molar-refractivity contribution in [3.8, 4) is 0 Å². The van der Waals surface area contributed by atoms with Gasteiger partial charge < -0.3 is 15.0 Å². The van der Waals surface area contributed by atoms with Crippen LogP contribution < -0.4 is 5.32 Å². The van der Waals surface area contributed by atoms with E-state index in [0.717, 1.165) is 22.0 Å². The van der Waals surface area contributed by atoms with E-state index >= 15 is 0 Å². The molecule has 186 valence electrons. The Morgan fingerprint density at radius 2 is 1.89 bits per heavy atom. The molecule has 7 heteroatoms. The van der Waals surface area contributed by atoms with Crippen LogP contribution in [-0.2, 0) is 20.9 Å². The number of amidine groups is 1. The van der Waals surface area contributed by atoms with Gasteiger partial charge in [0.1, 0.15) is 6.61 Å². The van der Waals surface area contributed by atoms with Gasteiger partial charge in [0.25, 0.3) is 0 Å². The molecule has 0 saturated carbocycles. The molecule has 0 spiro atoms. The lowest BCUT2D eigenvalue weighted by atomic mass is 9.92. The minimum Gasteiger partial charge on any atom is -0.458 e. The van der Waals surface area contributed by atoms with Crippen molar-refractivity contribution in [1.29, 1.82) is 0 Å². The third kappa shape index (κ3) is 5.62. The number of aliphatic imine (C=N–C) groups is 1. The van der Waals surface area contributed by atoms with E-state index in [-0.39, 0.29) is 18.9 Å². The molecule has 2 heterocycles. The summed E-state index contributed by atoms with van der Waals surface area (Å²) in [6.07, 6.45) is 1.72. The van der Waals surface area contributed by atoms with Crippen molar-refractivity contribution in [3.05, 3.63) is 106 Å². The highest BCUT2D eigenvalue weighted by molar-refractivity contribution is 8.16. The summed E-state index contributed by atoms with van der Waals surface area (Å²) in [5, 5.41) is 5.69. The van der Waals surface area contributed by atoms with Crippen LogP contribution in [-0.4, -0.2) is 28.6 Å². The van der Waals surface area contributed by atoms with E-state index in [2.05, 4.69) is 37.9 Å². The highest BCUT2D eigenvalue weighted by Crippen LogP contribution is 2.45. The number of nitrogens with one attached hydrogen (secondary N) is 1. The van der Waals surface area contributed by atoms with Crippen molar-refractivity contribution >= 4 is 28.8 Å². The molecule has 6 nitrogen and oxygen atoms in total. The van der Waals surface area contributed by atoms with Crippen molar-refractivity contribution in [1.82, 2.24) is 10.2 Å². The maximum Gasteiger partial charge on any atom is 0.338 e. The Morgan fingerprint density at radius 1 is 1.17 bits per heavy atom. The molecule has 0 aliphatic carbocycles. The maximum absolute atomic E-state index is 13.2. The van der Waals surface area contributed by atoms with Gasteiger partial charge in [-0.2, -0.15) is 0 Å². The molecule has 2 aromatic carbocycles. The van der Waals surface area contributed by atoms with E-state index in [9.17, 15) is 9.59 Å². The van der Waals surface area contributed by atoms with Gasteiger partial charge in [-0.25, -0.2) is 9.79 Å². The third-order valence-corrected chi connectivity index (χ3v) is 7.03. The number of nitrogens with zero attached hydrogens (tertiary/aromatic N) is 2. The molecule has 2 aromatic rings. The van der Waals surface area contributed by atoms with Crippen LogP contribution in [0, 0.1) is 0 Å². The fourth-order valence-electron chi connectivity index (χ4n) is 4.25. The Labute approximate surface area is 216 Å². The topological polar surface area (TPSA) is 71.0 Å². The number of carbonyl (C=O) groups is 2. The zero-order valence-electron chi connectivity index (χ0n) is 20.9. The average Bonchev–Trinajstić information content (AvgIpc) is 3.27. The van der Waals surface area contributed by atoms with Crippen molar-refractivity contribution in [2.75, 3.05) is 6.61 Å². The molecular weight excluding hydrogens is 470 g/mol. The van der Waals surface area contributed by atoms with E-state index in [1.807, 2.05) is 59.7 Å². The molecule has 1 atom stereocenters. The molecule has 1 N–H and O–H groups in total. The minimum absolute atomic E-state index is 0.0945. The number of hydrogen-bond donors (Lipinski definition) is 1. The van der Waals surface area contributed by atoms with E-state index in [1.54, 1.807) is 6.08 Å². The highest BCUT2D eigenvalue weighted by Gasteiger charge is 2.41. The Hall–Kier alpha value is -3.58. The molecule has 0 radical (unpaired) electrons. The van der Waals surface area contributed by atoms with Crippen LogP contribution in [0.3, 0.4) is 0 Å². The predicted octanol–water partition coefficient (Wildman–Crippen LogP) is 5.82. The Balaban J connectivity index is 1.62. The molecule has 36 heavy (non-hydrogen) atoms. The van der Waals surface area contributed by atoms with Crippen molar-refractivity contribution in [2.45, 2.75) is 45.7 Å². The molecule has 0 saturated heterocycles. The van der Waals surface area contributed by atoms with Crippen molar-refractivity contribution < 1.29 is 14.3 Å². The number of rotatable bonds is 9. The van der Waals surface area contributed by atoms with Gasteiger partial charge in [0.15, 0.2) is 5.17 Å². The second kappa shape index (κ2) is 11.4. The molecule has 1 amide bonds. The van der Waals surface area contributed by atoms with Crippen LogP contribution in [0.4, 0.5) is 0 Å². The third-order valence-electron chi connectivity index (χ3n) is 6.15. The fourth-order valence-corrected chi connectivity index (χ4v) is 5.21. The summed E-state index contributed by atoms with van der Waals surface area (Å²) in [5.41, 5.74) is 5.07. The monoisotopic (exact) mass is 501 g/mol. The zero-order chi connectivity index (χ0) is 25.7. The molecule has 0 aromatic heterocycles. The molecule has 0 unspecified atom stereocenters. The molecule has 4 rings (SSSR count). The summed E-state index contributed by atoms with van der Waals surface area (Å²) in [6, 6.07) is 17.6. The molecule has 2 aliphatic heterocycles. The SMILES string of the molecule is C=CCOC(=O)C1=C(C)N=C2SC=C(CC(=O)NCc3ccccc3)N2[C@H]1c1ccc(C(C)C)cc1. The lowest BCUT2D eigenvalue weighted by Gasteiger charge is -2.36. The van der Waals surface area contributed by atoms with Gasteiger partial charge in [-0.1, -0.05) is 92.9 Å². The fraction of sp³-hybridized carbons (Fsp3) is 0.276. The van der Waals surface area contributed by atoms with Gasteiger partial charge in [0, 0.05) is 12.2 Å². The number of esters is 1. The Morgan fingerprint density at radius 3 is 2.56 bits per heavy atom. The lowest BCUT2D eigenvalue weighted by Crippen LogP contribution is -2.38. The van der Waals surface area contributed by atoms with E-state index in [4.69, 9.17) is 9.73 Å². The first-order valence-corrected chi connectivity index (χ1v) is 12.9. The molecule has 2 aliphatic rings. The van der Waals surface area contributed by atoms with Crippen molar-refractivity contribution in [3.63, 3.8) is 0 Å². The van der Waals surface area contributed by atoms with Gasteiger partial charge in [-0.3, -0.25) is 4.79 Å². The average molecular weight is 502 g/mol. The largest absolute Gasteiger partial charge is 0.458 e. The lowest BCUT2D eigenvalue weighted by molar-refractivity contribution is -0.138. The second-order valence-electron chi connectivity index (χ2n) is 9.04. The molecule has 0 bridgehead atoms. The van der Waals surface area contributed by atoms with Gasteiger partial charge in [-0.05, 0) is 34.9 Å². The summed E-state index contributed by atoms with van der Waals surface area (Å²) in [6.45, 7) is 10.3. The molecular formula is C29H31N3O3S.